The van der Waals surface area contributed by atoms with Crippen molar-refractivity contribution >= 4 is 10.1 Å². The first-order valence-electron chi connectivity index (χ1n) is 6.70. The number of hydrogen-bond acceptors (Lipinski definition) is 2. The van der Waals surface area contributed by atoms with Crippen LogP contribution in [0.4, 0.5) is 0 Å². The Morgan fingerprint density at radius 1 is 0.789 bits per heavy atom. The quantitative estimate of drug-likeness (QED) is 0.838. The fraction of sp³-hybridized carbons (Fsp3) is 0.600. The molecule has 1 N–H and O–H groups in total. The monoisotopic (exact) mass is 284 g/mol. The topological polar surface area (TPSA) is 54.4 Å². The Balaban J connectivity index is 3.70. The normalized spacial score (nSPS) is 12.7. The second-order valence-electron chi connectivity index (χ2n) is 5.96. The average molecular weight is 284 g/mol. The summed E-state index contributed by atoms with van der Waals surface area (Å²) in [7, 11) is -4.18. The Kier molecular flexibility index (Phi) is 4.80. The van der Waals surface area contributed by atoms with Gasteiger partial charge in [-0.05, 0) is 40.5 Å². The van der Waals surface area contributed by atoms with E-state index in [1.54, 1.807) is 6.07 Å². The molecule has 1 aromatic carbocycles. The standard InChI is InChI=1S/C15H24O3S/c1-9(2)12-7-14(11(5)6)15(19(16,17)18)8-13(12)10(3)4/h7-11H,1-6H3,(H,16,17,18). The molecule has 1 rings (SSSR count). The van der Waals surface area contributed by atoms with Crippen molar-refractivity contribution in [1.82, 2.24) is 0 Å². The van der Waals surface area contributed by atoms with Crippen molar-refractivity contribution in [2.75, 3.05) is 0 Å². The van der Waals surface area contributed by atoms with Crippen molar-refractivity contribution in [3.63, 3.8) is 0 Å². The summed E-state index contributed by atoms with van der Waals surface area (Å²) < 4.78 is 32.6. The predicted octanol–water partition coefficient (Wildman–Crippen LogP) is 4.30. The second-order valence-corrected chi connectivity index (χ2v) is 7.35. The van der Waals surface area contributed by atoms with Gasteiger partial charge in [0.1, 0.15) is 0 Å². The summed E-state index contributed by atoms with van der Waals surface area (Å²) >= 11 is 0. The molecule has 0 fully saturated rings. The van der Waals surface area contributed by atoms with Crippen LogP contribution in [0.1, 0.15) is 76.0 Å². The van der Waals surface area contributed by atoms with Gasteiger partial charge in [0.15, 0.2) is 0 Å². The van der Waals surface area contributed by atoms with Crippen LogP contribution in [0.5, 0.6) is 0 Å². The number of hydrogen-bond donors (Lipinski definition) is 1. The molecule has 0 aromatic heterocycles. The van der Waals surface area contributed by atoms with Crippen molar-refractivity contribution in [1.29, 1.82) is 0 Å². The van der Waals surface area contributed by atoms with Gasteiger partial charge in [-0.15, -0.1) is 0 Å². The van der Waals surface area contributed by atoms with Crippen LogP contribution >= 0.6 is 0 Å². The lowest BCUT2D eigenvalue weighted by atomic mass is 9.87. The molecule has 0 unspecified atom stereocenters. The zero-order valence-electron chi connectivity index (χ0n) is 12.6. The van der Waals surface area contributed by atoms with E-state index in [1.165, 1.54) is 0 Å². The van der Waals surface area contributed by atoms with Crippen molar-refractivity contribution in [2.24, 2.45) is 0 Å². The summed E-state index contributed by atoms with van der Waals surface area (Å²) in [6.07, 6.45) is 0. The van der Waals surface area contributed by atoms with Gasteiger partial charge in [-0.3, -0.25) is 4.55 Å². The maximum Gasteiger partial charge on any atom is 0.294 e. The summed E-state index contributed by atoms with van der Waals surface area (Å²) in [5.41, 5.74) is 2.84. The molecular weight excluding hydrogens is 260 g/mol. The van der Waals surface area contributed by atoms with Crippen LogP contribution in [-0.2, 0) is 10.1 Å². The molecule has 0 aliphatic carbocycles. The minimum atomic E-state index is -4.18. The first-order valence-corrected chi connectivity index (χ1v) is 8.14. The van der Waals surface area contributed by atoms with E-state index in [-0.39, 0.29) is 16.7 Å². The fourth-order valence-electron chi connectivity index (χ4n) is 2.30. The summed E-state index contributed by atoms with van der Waals surface area (Å²) in [5, 5.41) is 0. The van der Waals surface area contributed by atoms with Gasteiger partial charge in [-0.1, -0.05) is 47.6 Å². The lowest BCUT2D eigenvalue weighted by molar-refractivity contribution is 0.481. The molecule has 0 aliphatic heterocycles. The van der Waals surface area contributed by atoms with E-state index in [9.17, 15) is 13.0 Å². The van der Waals surface area contributed by atoms with E-state index in [1.807, 2.05) is 33.8 Å². The van der Waals surface area contributed by atoms with E-state index in [4.69, 9.17) is 0 Å². The third-order valence-electron chi connectivity index (χ3n) is 3.36. The van der Waals surface area contributed by atoms with Gasteiger partial charge < -0.3 is 0 Å². The Hall–Kier alpha value is -0.870. The summed E-state index contributed by atoms with van der Waals surface area (Å²) in [6, 6.07) is 3.58. The Labute approximate surface area is 116 Å². The smallest absolute Gasteiger partial charge is 0.282 e. The molecule has 0 atom stereocenters. The van der Waals surface area contributed by atoms with Crippen molar-refractivity contribution in [3.8, 4) is 0 Å². The third-order valence-corrected chi connectivity index (χ3v) is 4.27. The molecule has 0 bridgehead atoms. The zero-order chi connectivity index (χ0) is 15.0. The van der Waals surface area contributed by atoms with Crippen LogP contribution in [-0.4, -0.2) is 13.0 Å². The Morgan fingerprint density at radius 3 is 1.47 bits per heavy atom. The van der Waals surface area contributed by atoms with Crippen molar-refractivity contribution in [2.45, 2.75) is 64.2 Å². The largest absolute Gasteiger partial charge is 0.294 e. The van der Waals surface area contributed by atoms with Crippen LogP contribution in [0.2, 0.25) is 0 Å². The highest BCUT2D eigenvalue weighted by molar-refractivity contribution is 7.85. The average Bonchev–Trinajstić information content (AvgIpc) is 2.25. The highest BCUT2D eigenvalue weighted by atomic mass is 32.2. The molecule has 4 heteroatoms. The first-order chi connectivity index (χ1) is 8.55. The molecule has 108 valence electrons. The minimum Gasteiger partial charge on any atom is -0.282 e. The first kappa shape index (κ1) is 16.2. The SMILES string of the molecule is CC(C)c1cc(C(C)C)c(S(=O)(=O)O)cc1C(C)C. The van der Waals surface area contributed by atoms with Crippen LogP contribution < -0.4 is 0 Å². The van der Waals surface area contributed by atoms with E-state index in [0.29, 0.717) is 11.5 Å². The molecule has 19 heavy (non-hydrogen) atoms. The Morgan fingerprint density at radius 2 is 1.16 bits per heavy atom. The van der Waals surface area contributed by atoms with E-state index in [0.717, 1.165) is 11.1 Å². The van der Waals surface area contributed by atoms with Gasteiger partial charge in [0.2, 0.25) is 0 Å². The molecule has 0 saturated heterocycles. The molecule has 0 radical (unpaired) electrons. The third kappa shape index (κ3) is 3.57. The van der Waals surface area contributed by atoms with Crippen molar-refractivity contribution < 1.29 is 13.0 Å². The molecule has 0 saturated carbocycles. The van der Waals surface area contributed by atoms with Gasteiger partial charge in [-0.25, -0.2) is 0 Å². The van der Waals surface area contributed by atoms with E-state index >= 15 is 0 Å². The Bertz CT molecular complexity index is 555. The van der Waals surface area contributed by atoms with E-state index in [2.05, 4.69) is 13.8 Å². The highest BCUT2D eigenvalue weighted by Crippen LogP contribution is 2.34. The van der Waals surface area contributed by atoms with Crippen LogP contribution in [0, 0.1) is 0 Å². The number of rotatable bonds is 4. The van der Waals surface area contributed by atoms with Gasteiger partial charge in [0.05, 0.1) is 4.90 Å². The van der Waals surface area contributed by atoms with Gasteiger partial charge in [0.25, 0.3) is 10.1 Å². The molecule has 0 amide bonds. The molecule has 1 aromatic rings. The molecular formula is C15H24O3S. The zero-order valence-corrected chi connectivity index (χ0v) is 13.4. The molecule has 0 aliphatic rings. The summed E-state index contributed by atoms with van der Waals surface area (Å²) in [6.45, 7) is 12.1. The van der Waals surface area contributed by atoms with Crippen molar-refractivity contribution in [3.05, 3.63) is 28.8 Å². The summed E-state index contributed by atoms with van der Waals surface area (Å²) in [5.74, 6) is 0.597. The lowest BCUT2D eigenvalue weighted by Gasteiger charge is -2.21. The van der Waals surface area contributed by atoms with Crippen LogP contribution in [0.25, 0.3) is 0 Å². The van der Waals surface area contributed by atoms with Gasteiger partial charge in [0, 0.05) is 0 Å². The fourth-order valence-corrected chi connectivity index (χ4v) is 3.17. The van der Waals surface area contributed by atoms with Gasteiger partial charge >= 0.3 is 0 Å². The van der Waals surface area contributed by atoms with E-state index < -0.39 is 10.1 Å². The van der Waals surface area contributed by atoms with Crippen LogP contribution in [0.15, 0.2) is 17.0 Å². The van der Waals surface area contributed by atoms with Gasteiger partial charge in [-0.2, -0.15) is 8.42 Å². The minimum absolute atomic E-state index is 0.0515. The molecule has 0 spiro atoms. The van der Waals surface area contributed by atoms with Crippen LogP contribution in [0.3, 0.4) is 0 Å². The predicted molar refractivity (Wildman–Crippen MR) is 78.5 cm³/mol. The highest BCUT2D eigenvalue weighted by Gasteiger charge is 2.22. The maximum absolute atomic E-state index is 11.6. The molecule has 0 heterocycles. The molecule has 3 nitrogen and oxygen atoms in total. The lowest BCUT2D eigenvalue weighted by Crippen LogP contribution is -2.09. The maximum atomic E-state index is 11.6. The number of benzene rings is 1. The summed E-state index contributed by atoms with van der Waals surface area (Å²) in [4.78, 5) is 0.0515. The second kappa shape index (κ2) is 5.63.